The van der Waals surface area contributed by atoms with Crippen molar-refractivity contribution in [1.29, 1.82) is 0 Å². The van der Waals surface area contributed by atoms with Gasteiger partial charge in [0.25, 0.3) is 0 Å². The van der Waals surface area contributed by atoms with Crippen LogP contribution < -0.4 is 4.72 Å². The minimum atomic E-state index is -3.77. The molecule has 3 aromatic rings. The molecule has 148 valence electrons. The molecule has 0 aliphatic heterocycles. The predicted octanol–water partition coefficient (Wildman–Crippen LogP) is 2.94. The highest BCUT2D eigenvalue weighted by Gasteiger charge is 2.15. The number of sulfonamides is 1. The number of nitrogens with one attached hydrogen (secondary N) is 1. The lowest BCUT2D eigenvalue weighted by atomic mass is 10.0. The Morgan fingerprint density at radius 2 is 1.31 bits per heavy atom. The normalized spacial score (nSPS) is 11.0. The van der Waals surface area contributed by atoms with Crippen LogP contribution >= 0.6 is 0 Å². The van der Waals surface area contributed by atoms with Crippen molar-refractivity contribution >= 4 is 21.8 Å². The zero-order valence-electron chi connectivity index (χ0n) is 15.4. The van der Waals surface area contributed by atoms with Crippen molar-refractivity contribution in [2.45, 2.75) is 11.5 Å². The third-order valence-corrected chi connectivity index (χ3v) is 5.53. The van der Waals surface area contributed by atoms with Gasteiger partial charge >= 0.3 is 5.97 Å². The van der Waals surface area contributed by atoms with Gasteiger partial charge in [0, 0.05) is 11.1 Å². The van der Waals surface area contributed by atoms with Crippen LogP contribution in [0.4, 0.5) is 0 Å². The van der Waals surface area contributed by atoms with Crippen LogP contribution in [0.1, 0.15) is 21.5 Å². The molecule has 1 N–H and O–H groups in total. The molecule has 0 aliphatic rings. The molecule has 0 saturated carbocycles. The van der Waals surface area contributed by atoms with Crippen LogP contribution in [0.2, 0.25) is 0 Å². The molecule has 29 heavy (non-hydrogen) atoms. The molecule has 0 fully saturated rings. The lowest BCUT2D eigenvalue weighted by Gasteiger charge is -2.08. The van der Waals surface area contributed by atoms with Gasteiger partial charge in [0.2, 0.25) is 10.0 Å². The molecule has 0 bridgehead atoms. The summed E-state index contributed by atoms with van der Waals surface area (Å²) in [6.45, 7) is -0.493. The Labute approximate surface area is 169 Å². The first-order valence-corrected chi connectivity index (χ1v) is 10.3. The van der Waals surface area contributed by atoms with E-state index in [-0.39, 0.29) is 17.3 Å². The van der Waals surface area contributed by atoms with E-state index in [4.69, 9.17) is 4.74 Å². The fraction of sp³-hybridized carbons (Fsp3) is 0.0909. The molecule has 7 heteroatoms. The predicted molar refractivity (Wildman–Crippen MR) is 108 cm³/mol. The first-order chi connectivity index (χ1) is 14.0. The zero-order valence-corrected chi connectivity index (χ0v) is 16.3. The van der Waals surface area contributed by atoms with E-state index in [2.05, 4.69) is 4.72 Å². The van der Waals surface area contributed by atoms with E-state index >= 15 is 0 Å². The van der Waals surface area contributed by atoms with Gasteiger partial charge in [0.05, 0.1) is 4.90 Å². The van der Waals surface area contributed by atoms with E-state index in [1.54, 1.807) is 66.7 Å². The largest absolute Gasteiger partial charge is 0.460 e. The molecule has 0 unspecified atom stereocenters. The third-order valence-electron chi connectivity index (χ3n) is 4.11. The fourth-order valence-electron chi connectivity index (χ4n) is 2.56. The Bertz CT molecular complexity index is 1080. The summed E-state index contributed by atoms with van der Waals surface area (Å²) in [4.78, 5) is 24.3. The highest BCUT2D eigenvalue weighted by Crippen LogP contribution is 2.12. The highest BCUT2D eigenvalue weighted by atomic mass is 32.2. The minimum Gasteiger partial charge on any atom is -0.460 e. The summed E-state index contributed by atoms with van der Waals surface area (Å²) in [5.41, 5.74) is 1.81. The van der Waals surface area contributed by atoms with Crippen LogP contribution in [0.5, 0.6) is 0 Å². The lowest BCUT2D eigenvalue weighted by molar-refractivity contribution is -0.143. The van der Waals surface area contributed by atoms with Crippen LogP contribution in [0.3, 0.4) is 0 Å². The maximum absolute atomic E-state index is 12.4. The number of benzene rings is 3. The minimum absolute atomic E-state index is 0.0221. The van der Waals surface area contributed by atoms with Crippen molar-refractivity contribution in [2.24, 2.45) is 0 Å². The SMILES string of the molecule is O=C(CNS(=O)(=O)c1ccccc1)OCc1ccc(C(=O)c2ccccc2)cc1. The fourth-order valence-corrected chi connectivity index (χ4v) is 3.55. The van der Waals surface area contributed by atoms with Crippen LogP contribution in [-0.4, -0.2) is 26.7 Å². The molecular formula is C22H19NO5S. The standard InChI is InChI=1S/C22H19NO5S/c24-21(15-23-29(26,27)20-9-5-2-6-10-20)28-16-17-11-13-19(14-12-17)22(25)18-7-3-1-4-8-18/h1-14,23H,15-16H2. The molecule has 0 spiro atoms. The number of esters is 1. The van der Waals surface area contributed by atoms with Crippen molar-refractivity contribution < 1.29 is 22.7 Å². The van der Waals surface area contributed by atoms with E-state index in [1.165, 1.54) is 12.1 Å². The number of hydrogen-bond donors (Lipinski definition) is 1. The van der Waals surface area contributed by atoms with Crippen LogP contribution in [0, 0.1) is 0 Å². The molecule has 0 radical (unpaired) electrons. The molecule has 3 rings (SSSR count). The smallest absolute Gasteiger partial charge is 0.321 e. The quantitative estimate of drug-likeness (QED) is 0.456. The van der Waals surface area contributed by atoms with E-state index in [0.717, 1.165) is 0 Å². The number of rotatable bonds is 8. The Balaban J connectivity index is 1.51. The summed E-state index contributed by atoms with van der Waals surface area (Å²) < 4.78 is 31.5. The van der Waals surface area contributed by atoms with Gasteiger partial charge in [-0.25, -0.2) is 8.42 Å². The molecule has 0 amide bonds. The van der Waals surface area contributed by atoms with Gasteiger partial charge in [-0.1, -0.05) is 72.8 Å². The number of carbonyl (C=O) groups excluding carboxylic acids is 2. The van der Waals surface area contributed by atoms with Gasteiger partial charge in [0.1, 0.15) is 13.2 Å². The molecule has 0 atom stereocenters. The Morgan fingerprint density at radius 1 is 0.759 bits per heavy atom. The summed E-state index contributed by atoms with van der Waals surface area (Å²) in [5, 5.41) is 0. The Hall–Kier alpha value is -3.29. The van der Waals surface area contributed by atoms with E-state index in [0.29, 0.717) is 16.7 Å². The Kier molecular flexibility index (Phi) is 6.54. The summed E-state index contributed by atoms with van der Waals surface area (Å²) in [7, 11) is -3.77. The third kappa shape index (κ3) is 5.60. The van der Waals surface area contributed by atoms with E-state index in [9.17, 15) is 18.0 Å². The molecule has 0 heterocycles. The van der Waals surface area contributed by atoms with Gasteiger partial charge in [-0.3, -0.25) is 9.59 Å². The summed E-state index contributed by atoms with van der Waals surface area (Å²) in [6, 6.07) is 23.4. The number of carbonyl (C=O) groups is 2. The zero-order chi connectivity index (χ0) is 20.7. The molecule has 0 aromatic heterocycles. The summed E-state index contributed by atoms with van der Waals surface area (Å²) in [6.07, 6.45) is 0. The first kappa shape index (κ1) is 20.4. The topological polar surface area (TPSA) is 89.5 Å². The monoisotopic (exact) mass is 409 g/mol. The van der Waals surface area contributed by atoms with Crippen LogP contribution in [0.25, 0.3) is 0 Å². The maximum atomic E-state index is 12.4. The first-order valence-electron chi connectivity index (χ1n) is 8.85. The highest BCUT2D eigenvalue weighted by molar-refractivity contribution is 7.89. The second-order valence-corrected chi connectivity index (χ2v) is 7.96. The number of hydrogen-bond acceptors (Lipinski definition) is 5. The average molecular weight is 409 g/mol. The Morgan fingerprint density at radius 3 is 1.93 bits per heavy atom. The molecule has 6 nitrogen and oxygen atoms in total. The number of ether oxygens (including phenoxy) is 1. The molecule has 0 saturated heterocycles. The van der Waals surface area contributed by atoms with Crippen molar-refractivity contribution in [3.8, 4) is 0 Å². The molecular weight excluding hydrogens is 390 g/mol. The summed E-state index contributed by atoms with van der Waals surface area (Å²) in [5.74, 6) is -0.793. The average Bonchev–Trinajstić information content (AvgIpc) is 2.77. The van der Waals surface area contributed by atoms with E-state index < -0.39 is 22.5 Å². The van der Waals surface area contributed by atoms with Crippen LogP contribution in [0.15, 0.2) is 89.8 Å². The van der Waals surface area contributed by atoms with Gasteiger partial charge in [-0.2, -0.15) is 4.72 Å². The lowest BCUT2D eigenvalue weighted by Crippen LogP contribution is -2.30. The van der Waals surface area contributed by atoms with Gasteiger partial charge in [0.15, 0.2) is 5.78 Å². The van der Waals surface area contributed by atoms with Crippen molar-refractivity contribution in [2.75, 3.05) is 6.54 Å². The van der Waals surface area contributed by atoms with Crippen molar-refractivity contribution in [3.05, 3.63) is 102 Å². The second-order valence-electron chi connectivity index (χ2n) is 6.19. The summed E-state index contributed by atoms with van der Waals surface area (Å²) >= 11 is 0. The number of ketones is 1. The van der Waals surface area contributed by atoms with Crippen molar-refractivity contribution in [3.63, 3.8) is 0 Å². The van der Waals surface area contributed by atoms with E-state index in [1.807, 2.05) is 6.07 Å². The molecule has 0 aliphatic carbocycles. The van der Waals surface area contributed by atoms with Gasteiger partial charge in [-0.15, -0.1) is 0 Å². The maximum Gasteiger partial charge on any atom is 0.321 e. The second kappa shape index (κ2) is 9.27. The van der Waals surface area contributed by atoms with Crippen molar-refractivity contribution in [1.82, 2.24) is 4.72 Å². The van der Waals surface area contributed by atoms with Crippen LogP contribution in [-0.2, 0) is 26.2 Å². The van der Waals surface area contributed by atoms with Gasteiger partial charge in [-0.05, 0) is 17.7 Å². The van der Waals surface area contributed by atoms with Gasteiger partial charge < -0.3 is 4.74 Å². The molecule has 3 aromatic carbocycles.